The molecule has 112 valence electrons. The molecule has 5 heteroatoms. The average molecular weight is 316 g/mol. The van der Waals surface area contributed by atoms with E-state index in [0.717, 1.165) is 5.02 Å². The van der Waals surface area contributed by atoms with E-state index in [9.17, 15) is 4.39 Å². The number of aromatic nitrogens is 2. The third-order valence-electron chi connectivity index (χ3n) is 3.63. The van der Waals surface area contributed by atoms with Gasteiger partial charge in [0.1, 0.15) is 23.5 Å². The summed E-state index contributed by atoms with van der Waals surface area (Å²) in [6.07, 6.45) is 1.38. The maximum atomic E-state index is 13.7. The molecule has 0 saturated heterocycles. The van der Waals surface area contributed by atoms with Crippen LogP contribution in [0.2, 0.25) is 5.02 Å². The highest BCUT2D eigenvalue weighted by atomic mass is 35.5. The van der Waals surface area contributed by atoms with Gasteiger partial charge in [-0.1, -0.05) is 36.7 Å². The predicted molar refractivity (Wildman–Crippen MR) is 87.9 cm³/mol. The summed E-state index contributed by atoms with van der Waals surface area (Å²) in [5.74, 6) is 0.579. The number of fused-ring (bicyclic) bond motifs is 1. The van der Waals surface area contributed by atoms with Crippen LogP contribution in [0.15, 0.2) is 48.8 Å². The topological polar surface area (TPSA) is 37.8 Å². The van der Waals surface area contributed by atoms with Crippen molar-refractivity contribution in [3.05, 3.63) is 65.2 Å². The number of anilines is 1. The molecule has 1 N–H and O–H groups in total. The number of rotatable bonds is 4. The number of para-hydroxylation sites is 1. The van der Waals surface area contributed by atoms with E-state index in [4.69, 9.17) is 11.6 Å². The van der Waals surface area contributed by atoms with Crippen molar-refractivity contribution in [3.63, 3.8) is 0 Å². The zero-order valence-corrected chi connectivity index (χ0v) is 12.8. The normalized spacial score (nSPS) is 12.3. The third kappa shape index (κ3) is 3.02. The summed E-state index contributed by atoms with van der Waals surface area (Å²) >= 11 is 5.90. The smallest absolute Gasteiger partial charge is 0.149 e. The molecule has 3 aromatic rings. The lowest BCUT2D eigenvalue weighted by molar-refractivity contribution is 0.636. The van der Waals surface area contributed by atoms with Gasteiger partial charge in [0.05, 0.1) is 0 Å². The van der Waals surface area contributed by atoms with Gasteiger partial charge in [0.25, 0.3) is 0 Å². The molecule has 0 radical (unpaired) electrons. The zero-order chi connectivity index (χ0) is 15.5. The van der Waals surface area contributed by atoms with E-state index < -0.39 is 0 Å². The van der Waals surface area contributed by atoms with Crippen molar-refractivity contribution in [1.82, 2.24) is 9.97 Å². The molecule has 1 heterocycles. The molecule has 2 aromatic carbocycles. The van der Waals surface area contributed by atoms with Crippen LogP contribution in [0, 0.1) is 5.82 Å². The van der Waals surface area contributed by atoms with Crippen molar-refractivity contribution in [2.75, 3.05) is 11.9 Å². The van der Waals surface area contributed by atoms with Crippen LogP contribution in [0.3, 0.4) is 0 Å². The lowest BCUT2D eigenvalue weighted by Gasteiger charge is -2.14. The van der Waals surface area contributed by atoms with Gasteiger partial charge in [0, 0.05) is 17.0 Å². The fourth-order valence-corrected chi connectivity index (χ4v) is 2.48. The van der Waals surface area contributed by atoms with Crippen LogP contribution in [0.25, 0.3) is 10.9 Å². The summed E-state index contributed by atoms with van der Waals surface area (Å²) < 4.78 is 13.7. The van der Waals surface area contributed by atoms with Gasteiger partial charge in [-0.2, -0.15) is 0 Å². The Hall–Kier alpha value is -2.20. The molecule has 0 bridgehead atoms. The number of halogens is 2. The summed E-state index contributed by atoms with van der Waals surface area (Å²) in [6.45, 7) is 2.80. The maximum Gasteiger partial charge on any atom is 0.149 e. The molecule has 1 unspecified atom stereocenters. The number of benzene rings is 2. The molecular formula is C17H15ClFN3. The first-order valence-corrected chi connectivity index (χ1v) is 7.41. The lowest BCUT2D eigenvalue weighted by Crippen LogP contribution is -2.11. The molecular weight excluding hydrogens is 301 g/mol. The zero-order valence-electron chi connectivity index (χ0n) is 12.1. The minimum absolute atomic E-state index is 0.274. The van der Waals surface area contributed by atoms with Gasteiger partial charge in [-0.25, -0.2) is 14.4 Å². The van der Waals surface area contributed by atoms with Gasteiger partial charge < -0.3 is 5.32 Å². The van der Waals surface area contributed by atoms with Crippen molar-refractivity contribution in [3.8, 4) is 0 Å². The van der Waals surface area contributed by atoms with Gasteiger partial charge in [-0.15, -0.1) is 0 Å². The minimum Gasteiger partial charge on any atom is -0.369 e. The van der Waals surface area contributed by atoms with E-state index in [0.29, 0.717) is 23.3 Å². The molecule has 0 aliphatic rings. The first-order valence-electron chi connectivity index (χ1n) is 7.03. The number of nitrogens with one attached hydrogen (secondary N) is 1. The van der Waals surface area contributed by atoms with Gasteiger partial charge in [-0.3, -0.25) is 0 Å². The molecule has 0 fully saturated rings. The molecule has 3 nitrogen and oxygen atoms in total. The molecule has 1 atom stereocenters. The van der Waals surface area contributed by atoms with Crippen molar-refractivity contribution in [1.29, 1.82) is 0 Å². The second-order valence-corrected chi connectivity index (χ2v) is 5.63. The summed E-state index contributed by atoms with van der Waals surface area (Å²) in [5, 5.41) is 4.69. The highest BCUT2D eigenvalue weighted by Gasteiger charge is 2.09. The Morgan fingerprint density at radius 2 is 1.91 bits per heavy atom. The second kappa shape index (κ2) is 6.28. The highest BCUT2D eigenvalue weighted by Crippen LogP contribution is 2.23. The molecule has 0 amide bonds. The first-order chi connectivity index (χ1) is 10.6. The summed E-state index contributed by atoms with van der Waals surface area (Å²) in [6, 6.07) is 12.6. The monoisotopic (exact) mass is 315 g/mol. The average Bonchev–Trinajstić information content (AvgIpc) is 2.54. The van der Waals surface area contributed by atoms with Crippen LogP contribution in [-0.4, -0.2) is 16.5 Å². The Bertz CT molecular complexity index is 790. The van der Waals surface area contributed by atoms with Crippen molar-refractivity contribution < 1.29 is 4.39 Å². The standard InChI is InChI=1S/C17H15ClFN3/c1-11(12-5-7-13(18)8-6-12)9-20-17-14-3-2-4-15(19)16(14)21-10-22-17/h2-8,10-11H,9H2,1H3,(H,20,21,22). The summed E-state index contributed by atoms with van der Waals surface area (Å²) in [7, 11) is 0. The summed E-state index contributed by atoms with van der Waals surface area (Å²) in [5.41, 5.74) is 1.51. The SMILES string of the molecule is CC(CNc1ncnc2c(F)cccc12)c1ccc(Cl)cc1. The number of nitrogens with zero attached hydrogens (tertiary/aromatic N) is 2. The van der Waals surface area contributed by atoms with Crippen LogP contribution >= 0.6 is 11.6 Å². The Kier molecular flexibility index (Phi) is 4.20. The summed E-state index contributed by atoms with van der Waals surface area (Å²) in [4.78, 5) is 8.21. The van der Waals surface area contributed by atoms with E-state index in [-0.39, 0.29) is 11.7 Å². The molecule has 1 aromatic heterocycles. The van der Waals surface area contributed by atoms with E-state index in [2.05, 4.69) is 22.2 Å². The van der Waals surface area contributed by atoms with Crippen molar-refractivity contribution in [2.24, 2.45) is 0 Å². The largest absolute Gasteiger partial charge is 0.369 e. The second-order valence-electron chi connectivity index (χ2n) is 5.19. The molecule has 0 aliphatic heterocycles. The van der Waals surface area contributed by atoms with Crippen LogP contribution in [-0.2, 0) is 0 Å². The quantitative estimate of drug-likeness (QED) is 0.762. The van der Waals surface area contributed by atoms with Crippen LogP contribution in [0.5, 0.6) is 0 Å². The Morgan fingerprint density at radius 3 is 2.68 bits per heavy atom. The van der Waals surface area contributed by atoms with Crippen LogP contribution < -0.4 is 5.32 Å². The molecule has 0 saturated carbocycles. The first kappa shape index (κ1) is 14.7. The Morgan fingerprint density at radius 1 is 1.14 bits per heavy atom. The van der Waals surface area contributed by atoms with Gasteiger partial charge >= 0.3 is 0 Å². The molecule has 0 aliphatic carbocycles. The van der Waals surface area contributed by atoms with Gasteiger partial charge in [0.15, 0.2) is 0 Å². The Balaban J connectivity index is 1.79. The number of hydrogen-bond donors (Lipinski definition) is 1. The van der Waals surface area contributed by atoms with E-state index in [1.165, 1.54) is 18.0 Å². The predicted octanol–water partition coefficient (Wildman–Crippen LogP) is 4.64. The molecule has 22 heavy (non-hydrogen) atoms. The van der Waals surface area contributed by atoms with E-state index >= 15 is 0 Å². The highest BCUT2D eigenvalue weighted by molar-refractivity contribution is 6.30. The van der Waals surface area contributed by atoms with Crippen LogP contribution in [0.1, 0.15) is 18.4 Å². The van der Waals surface area contributed by atoms with E-state index in [1.807, 2.05) is 30.3 Å². The Labute approximate surface area is 133 Å². The van der Waals surface area contributed by atoms with Crippen molar-refractivity contribution in [2.45, 2.75) is 12.8 Å². The van der Waals surface area contributed by atoms with E-state index in [1.54, 1.807) is 6.07 Å². The molecule has 0 spiro atoms. The van der Waals surface area contributed by atoms with Gasteiger partial charge in [-0.05, 0) is 35.7 Å². The molecule has 3 rings (SSSR count). The third-order valence-corrected chi connectivity index (χ3v) is 3.88. The number of hydrogen-bond acceptors (Lipinski definition) is 3. The minimum atomic E-state index is -0.339. The van der Waals surface area contributed by atoms with Crippen molar-refractivity contribution >= 4 is 28.3 Å². The fourth-order valence-electron chi connectivity index (χ4n) is 2.35. The fraction of sp³-hybridized carbons (Fsp3) is 0.176. The lowest BCUT2D eigenvalue weighted by atomic mass is 10.0. The van der Waals surface area contributed by atoms with Crippen LogP contribution in [0.4, 0.5) is 10.2 Å². The van der Waals surface area contributed by atoms with Gasteiger partial charge in [0.2, 0.25) is 0 Å². The maximum absolute atomic E-state index is 13.7.